The predicted octanol–water partition coefficient (Wildman–Crippen LogP) is 2.78. The number of aliphatic hydroxyl groups is 1. The summed E-state index contributed by atoms with van der Waals surface area (Å²) in [6.45, 7) is 4.76. The molecule has 178 valence electrons. The minimum absolute atomic E-state index is 0.000479. The van der Waals surface area contributed by atoms with Gasteiger partial charge in [-0.3, -0.25) is 9.69 Å². The van der Waals surface area contributed by atoms with Crippen LogP contribution in [0.1, 0.15) is 29.3 Å². The summed E-state index contributed by atoms with van der Waals surface area (Å²) in [7, 11) is 0. The first-order valence-electron chi connectivity index (χ1n) is 10.7. The van der Waals surface area contributed by atoms with E-state index in [-0.39, 0.29) is 13.1 Å². The van der Waals surface area contributed by atoms with Crippen LogP contribution in [-0.4, -0.2) is 66.0 Å². The van der Waals surface area contributed by atoms with Crippen molar-refractivity contribution in [3.05, 3.63) is 53.9 Å². The van der Waals surface area contributed by atoms with Gasteiger partial charge < -0.3 is 24.9 Å². The van der Waals surface area contributed by atoms with Gasteiger partial charge in [-0.15, -0.1) is 0 Å². The summed E-state index contributed by atoms with van der Waals surface area (Å²) in [5, 5.41) is 13.3. The van der Waals surface area contributed by atoms with Crippen molar-refractivity contribution in [2.45, 2.75) is 30.7 Å². The Morgan fingerprint density at radius 2 is 2.09 bits per heavy atom. The molecule has 0 saturated carbocycles. The van der Waals surface area contributed by atoms with Gasteiger partial charge in [0.05, 0.1) is 11.7 Å². The van der Waals surface area contributed by atoms with Gasteiger partial charge in [0, 0.05) is 25.8 Å². The number of rotatable bonds is 8. The number of carbonyl (C=O) groups is 1. The Morgan fingerprint density at radius 1 is 1.33 bits per heavy atom. The van der Waals surface area contributed by atoms with Crippen LogP contribution in [0.5, 0.6) is 11.5 Å². The molecule has 10 heteroatoms. The van der Waals surface area contributed by atoms with Crippen molar-refractivity contribution < 1.29 is 32.5 Å². The molecule has 0 radical (unpaired) electrons. The van der Waals surface area contributed by atoms with E-state index in [9.17, 15) is 23.1 Å². The average molecular weight is 465 g/mol. The number of alkyl halides is 3. The van der Waals surface area contributed by atoms with Crippen molar-refractivity contribution >= 4 is 12.0 Å². The third kappa shape index (κ3) is 5.01. The molecule has 0 aliphatic carbocycles. The number of ether oxygens (including phenoxy) is 2. The first-order chi connectivity index (χ1) is 15.8. The molecule has 33 heavy (non-hydrogen) atoms. The number of aromatic amines is 1. The van der Waals surface area contributed by atoms with E-state index in [0.29, 0.717) is 48.8 Å². The normalized spacial score (nSPS) is 20.3. The number of hydrogen-bond donors (Lipinski definition) is 3. The largest absolute Gasteiger partial charge is 0.486 e. The molecule has 7 nitrogen and oxygen atoms in total. The summed E-state index contributed by atoms with van der Waals surface area (Å²) >= 11 is 0. The molecule has 2 aliphatic rings. The van der Waals surface area contributed by atoms with Crippen LogP contribution in [0.4, 0.5) is 13.2 Å². The Bertz CT molecular complexity index is 1010. The fraction of sp³-hybridized carbons (Fsp3) is 0.435. The quantitative estimate of drug-likeness (QED) is 0.558. The van der Waals surface area contributed by atoms with E-state index in [2.05, 4.69) is 16.9 Å². The predicted molar refractivity (Wildman–Crippen MR) is 115 cm³/mol. The van der Waals surface area contributed by atoms with Crippen LogP contribution in [0.15, 0.2) is 37.0 Å². The maximum atomic E-state index is 14.9. The van der Waals surface area contributed by atoms with E-state index in [1.165, 1.54) is 12.3 Å². The monoisotopic (exact) mass is 465 g/mol. The lowest BCUT2D eigenvalue weighted by Gasteiger charge is -2.30. The van der Waals surface area contributed by atoms with Crippen LogP contribution < -0.4 is 14.8 Å². The van der Waals surface area contributed by atoms with Crippen LogP contribution in [-0.2, 0) is 10.7 Å². The number of benzene rings is 1. The second-order valence-corrected chi connectivity index (χ2v) is 8.20. The number of amides is 1. The SMILES string of the molecule is C=Cc1c[nH]c(C(F)(F)C(=O)NC(CN2CCC(F)C2)C(O)c2ccc3c(c2)OCCO3)c1. The minimum Gasteiger partial charge on any atom is -0.486 e. The summed E-state index contributed by atoms with van der Waals surface area (Å²) in [6, 6.07) is 4.76. The van der Waals surface area contributed by atoms with Crippen molar-refractivity contribution in [3.8, 4) is 11.5 Å². The first kappa shape index (κ1) is 23.2. The van der Waals surface area contributed by atoms with Crippen LogP contribution >= 0.6 is 0 Å². The molecule has 1 aromatic heterocycles. The van der Waals surface area contributed by atoms with Crippen molar-refractivity contribution in [2.24, 2.45) is 0 Å². The van der Waals surface area contributed by atoms with Crippen molar-refractivity contribution in [1.29, 1.82) is 0 Å². The summed E-state index contributed by atoms with van der Waals surface area (Å²) in [4.78, 5) is 16.7. The number of halogens is 3. The number of aliphatic hydroxyl groups excluding tert-OH is 1. The third-order valence-electron chi connectivity index (χ3n) is 5.84. The molecule has 2 aliphatic heterocycles. The number of nitrogens with one attached hydrogen (secondary N) is 2. The van der Waals surface area contributed by atoms with Gasteiger partial charge in [0.2, 0.25) is 0 Å². The summed E-state index contributed by atoms with van der Waals surface area (Å²) in [5.41, 5.74) is 0.182. The number of hydrogen-bond acceptors (Lipinski definition) is 5. The summed E-state index contributed by atoms with van der Waals surface area (Å²) in [5.74, 6) is -4.52. The maximum Gasteiger partial charge on any atom is 0.363 e. The van der Waals surface area contributed by atoms with Gasteiger partial charge in [-0.1, -0.05) is 18.7 Å². The number of aromatic nitrogens is 1. The molecule has 1 aromatic carbocycles. The van der Waals surface area contributed by atoms with Crippen molar-refractivity contribution in [3.63, 3.8) is 0 Å². The number of fused-ring (bicyclic) bond motifs is 1. The van der Waals surface area contributed by atoms with Crippen molar-refractivity contribution in [1.82, 2.24) is 15.2 Å². The topological polar surface area (TPSA) is 86.8 Å². The highest BCUT2D eigenvalue weighted by molar-refractivity contribution is 5.85. The van der Waals surface area contributed by atoms with E-state index in [4.69, 9.17) is 9.47 Å². The van der Waals surface area contributed by atoms with E-state index < -0.39 is 35.8 Å². The smallest absolute Gasteiger partial charge is 0.363 e. The molecule has 1 amide bonds. The van der Waals surface area contributed by atoms with Gasteiger partial charge in [0.1, 0.15) is 25.5 Å². The van der Waals surface area contributed by atoms with Gasteiger partial charge in [0.25, 0.3) is 5.91 Å². The van der Waals surface area contributed by atoms with Crippen molar-refractivity contribution in [2.75, 3.05) is 32.8 Å². The van der Waals surface area contributed by atoms with Gasteiger partial charge in [0.15, 0.2) is 11.5 Å². The van der Waals surface area contributed by atoms with Crippen LogP contribution in [0.25, 0.3) is 6.08 Å². The van der Waals surface area contributed by atoms with E-state index in [1.807, 2.05) is 0 Å². The second-order valence-electron chi connectivity index (χ2n) is 8.20. The Hall–Kier alpha value is -2.98. The molecule has 3 N–H and O–H groups in total. The number of H-pyrrole nitrogens is 1. The highest BCUT2D eigenvalue weighted by atomic mass is 19.3. The second kappa shape index (κ2) is 9.48. The lowest BCUT2D eigenvalue weighted by molar-refractivity contribution is -0.149. The van der Waals surface area contributed by atoms with E-state index in [1.54, 1.807) is 23.1 Å². The molecular formula is C23H26F3N3O4. The average Bonchev–Trinajstić information content (AvgIpc) is 3.47. The zero-order chi connectivity index (χ0) is 23.6. The molecule has 0 spiro atoms. The van der Waals surface area contributed by atoms with Gasteiger partial charge in [-0.2, -0.15) is 8.78 Å². The molecule has 4 rings (SSSR count). The first-order valence-corrected chi connectivity index (χ1v) is 10.7. The Morgan fingerprint density at radius 3 is 2.76 bits per heavy atom. The third-order valence-corrected chi connectivity index (χ3v) is 5.84. The van der Waals surface area contributed by atoms with Crippen LogP contribution in [0.3, 0.4) is 0 Å². The number of likely N-dealkylation sites (tertiary alicyclic amines) is 1. The van der Waals surface area contributed by atoms with Crippen LogP contribution in [0, 0.1) is 0 Å². The fourth-order valence-corrected chi connectivity index (χ4v) is 4.02. The van der Waals surface area contributed by atoms with Gasteiger partial charge >= 0.3 is 5.92 Å². The number of carbonyl (C=O) groups excluding carboxylic acids is 1. The Balaban J connectivity index is 1.56. The highest BCUT2D eigenvalue weighted by Gasteiger charge is 2.44. The van der Waals surface area contributed by atoms with E-state index >= 15 is 0 Å². The molecule has 0 bridgehead atoms. The standard InChI is InChI=1S/C23H26F3N3O4/c1-2-14-9-20(27-11-14)23(25,26)22(31)28-17(13-29-6-5-16(24)12-29)21(30)15-3-4-18-19(10-15)33-8-7-32-18/h2-4,9-11,16-17,21,27,30H,1,5-8,12-13H2,(H,28,31). The molecule has 2 aromatic rings. The lowest BCUT2D eigenvalue weighted by Crippen LogP contribution is -2.51. The highest BCUT2D eigenvalue weighted by Crippen LogP contribution is 2.34. The van der Waals surface area contributed by atoms with Gasteiger partial charge in [-0.25, -0.2) is 4.39 Å². The van der Waals surface area contributed by atoms with Crippen LogP contribution in [0.2, 0.25) is 0 Å². The molecule has 3 atom stereocenters. The minimum atomic E-state index is -3.88. The number of nitrogens with zero attached hydrogens (tertiary/aromatic N) is 1. The Kier molecular flexibility index (Phi) is 6.66. The summed E-state index contributed by atoms with van der Waals surface area (Å²) < 4.78 is 54.4. The Labute approximate surface area is 189 Å². The lowest BCUT2D eigenvalue weighted by atomic mass is 10.00. The molecule has 1 fully saturated rings. The maximum absolute atomic E-state index is 14.9. The van der Waals surface area contributed by atoms with E-state index in [0.717, 1.165) is 6.07 Å². The molecule has 1 saturated heterocycles. The zero-order valence-electron chi connectivity index (χ0n) is 17.9. The molecule has 3 unspecified atom stereocenters. The summed E-state index contributed by atoms with van der Waals surface area (Å²) in [6.07, 6.45) is 0.626. The fourth-order valence-electron chi connectivity index (χ4n) is 4.02. The molecule has 3 heterocycles. The van der Waals surface area contributed by atoms with Gasteiger partial charge in [-0.05, 0) is 35.7 Å². The molecular weight excluding hydrogens is 439 g/mol. The zero-order valence-corrected chi connectivity index (χ0v) is 17.9.